The summed E-state index contributed by atoms with van der Waals surface area (Å²) in [4.78, 5) is 4.06. The predicted molar refractivity (Wildman–Crippen MR) is 71.4 cm³/mol. The van der Waals surface area contributed by atoms with Gasteiger partial charge in [0, 0.05) is 5.69 Å². The van der Waals surface area contributed by atoms with Crippen LogP contribution in [0.15, 0.2) is 41.0 Å². The number of nitriles is 1. The number of nitrogens with zero attached hydrogens (tertiary/aromatic N) is 2. The number of hydrogen-bond acceptors (Lipinski definition) is 3. The van der Waals surface area contributed by atoms with Crippen LogP contribution in [0.1, 0.15) is 11.1 Å². The van der Waals surface area contributed by atoms with E-state index in [1.807, 2.05) is 0 Å². The van der Waals surface area contributed by atoms with Gasteiger partial charge in [-0.05, 0) is 46.3 Å². The molecule has 0 bridgehead atoms. The van der Waals surface area contributed by atoms with E-state index in [-0.39, 0.29) is 5.69 Å². The molecule has 0 amide bonds. The van der Waals surface area contributed by atoms with Crippen LogP contribution in [0, 0.1) is 11.3 Å². The Balaban J connectivity index is 2.37. The maximum absolute atomic E-state index is 12.8. The first kappa shape index (κ1) is 14.3. The zero-order valence-corrected chi connectivity index (χ0v) is 11.5. The van der Waals surface area contributed by atoms with Crippen LogP contribution >= 0.6 is 15.9 Å². The zero-order chi connectivity index (χ0) is 14.8. The van der Waals surface area contributed by atoms with E-state index in [4.69, 9.17) is 5.26 Å². The fraction of sp³-hybridized carbons (Fsp3) is 0.0769. The third-order valence-electron chi connectivity index (χ3n) is 2.43. The smallest absolute Gasteiger partial charge is 0.340 e. The van der Waals surface area contributed by atoms with Gasteiger partial charge in [-0.2, -0.15) is 18.4 Å². The quantitative estimate of drug-likeness (QED) is 0.819. The largest absolute Gasteiger partial charge is 0.417 e. The van der Waals surface area contributed by atoms with E-state index < -0.39 is 17.3 Å². The van der Waals surface area contributed by atoms with Crippen LogP contribution in [0.3, 0.4) is 0 Å². The SMILES string of the molecule is N#Cc1ccc(Nc2cccc(Br)n2)cc1C(F)(F)F. The van der Waals surface area contributed by atoms with E-state index in [9.17, 15) is 13.2 Å². The third kappa shape index (κ3) is 3.27. The molecular weight excluding hydrogens is 335 g/mol. The van der Waals surface area contributed by atoms with Crippen LogP contribution in [0.25, 0.3) is 0 Å². The zero-order valence-electron chi connectivity index (χ0n) is 9.87. The number of hydrogen-bond donors (Lipinski definition) is 1. The minimum atomic E-state index is -4.58. The molecule has 0 saturated heterocycles. The molecule has 0 aliphatic rings. The van der Waals surface area contributed by atoms with Crippen LogP contribution < -0.4 is 5.32 Å². The molecule has 0 unspecified atom stereocenters. The molecule has 0 atom stereocenters. The minimum Gasteiger partial charge on any atom is -0.340 e. The van der Waals surface area contributed by atoms with Crippen LogP contribution in [-0.2, 0) is 6.18 Å². The lowest BCUT2D eigenvalue weighted by Gasteiger charge is -2.12. The van der Waals surface area contributed by atoms with Crippen molar-refractivity contribution < 1.29 is 13.2 Å². The van der Waals surface area contributed by atoms with Gasteiger partial charge < -0.3 is 5.32 Å². The fourth-order valence-corrected chi connectivity index (χ4v) is 1.92. The second-order valence-electron chi connectivity index (χ2n) is 3.84. The van der Waals surface area contributed by atoms with Gasteiger partial charge in [-0.15, -0.1) is 0 Å². The van der Waals surface area contributed by atoms with Crippen molar-refractivity contribution in [1.29, 1.82) is 5.26 Å². The average molecular weight is 342 g/mol. The molecule has 1 N–H and O–H groups in total. The average Bonchev–Trinajstić information content (AvgIpc) is 2.37. The molecule has 3 nitrogen and oxygen atoms in total. The van der Waals surface area contributed by atoms with Crippen molar-refractivity contribution in [1.82, 2.24) is 4.98 Å². The monoisotopic (exact) mass is 341 g/mol. The molecule has 0 fully saturated rings. The van der Waals surface area contributed by atoms with E-state index in [1.54, 1.807) is 18.2 Å². The first-order chi connectivity index (χ1) is 9.40. The summed E-state index contributed by atoms with van der Waals surface area (Å²) in [7, 11) is 0. The van der Waals surface area contributed by atoms with Gasteiger partial charge in [0.25, 0.3) is 0 Å². The Morgan fingerprint density at radius 2 is 1.95 bits per heavy atom. The number of halogens is 4. The van der Waals surface area contributed by atoms with Gasteiger partial charge in [0.1, 0.15) is 10.4 Å². The number of pyridine rings is 1. The summed E-state index contributed by atoms with van der Waals surface area (Å²) in [6, 6.07) is 9.97. The molecule has 0 radical (unpaired) electrons. The molecule has 1 aromatic carbocycles. The molecule has 20 heavy (non-hydrogen) atoms. The Morgan fingerprint density at radius 3 is 2.55 bits per heavy atom. The van der Waals surface area contributed by atoms with Crippen LogP contribution in [-0.4, -0.2) is 4.98 Å². The summed E-state index contributed by atoms with van der Waals surface area (Å²) in [5.41, 5.74) is -1.17. The van der Waals surface area contributed by atoms with Crippen molar-refractivity contribution >= 4 is 27.4 Å². The molecule has 0 spiro atoms. The summed E-state index contributed by atoms with van der Waals surface area (Å²) < 4.78 is 39.0. The Labute approximate surface area is 121 Å². The second kappa shape index (κ2) is 5.51. The van der Waals surface area contributed by atoms with Gasteiger partial charge in [0.2, 0.25) is 0 Å². The fourth-order valence-electron chi connectivity index (χ4n) is 1.58. The molecule has 7 heteroatoms. The van der Waals surface area contributed by atoms with Crippen LogP contribution in [0.2, 0.25) is 0 Å². The standard InChI is InChI=1S/C13H7BrF3N3/c14-11-2-1-3-12(20-11)19-9-5-4-8(7-18)10(6-9)13(15,16)17/h1-6H,(H,19,20). The van der Waals surface area contributed by atoms with Gasteiger partial charge in [-0.1, -0.05) is 6.07 Å². The maximum Gasteiger partial charge on any atom is 0.417 e. The third-order valence-corrected chi connectivity index (χ3v) is 2.87. The lowest BCUT2D eigenvalue weighted by atomic mass is 10.1. The van der Waals surface area contributed by atoms with Crippen molar-refractivity contribution in [2.24, 2.45) is 0 Å². The maximum atomic E-state index is 12.8. The number of nitrogens with one attached hydrogen (secondary N) is 1. The summed E-state index contributed by atoms with van der Waals surface area (Å²) in [5, 5.41) is 11.5. The Hall–Kier alpha value is -2.07. The first-order valence-electron chi connectivity index (χ1n) is 5.41. The molecular formula is C13H7BrF3N3. The summed E-state index contributed by atoms with van der Waals surface area (Å²) >= 11 is 3.17. The molecule has 2 aromatic rings. The highest BCUT2D eigenvalue weighted by molar-refractivity contribution is 9.10. The molecule has 0 saturated carbocycles. The topological polar surface area (TPSA) is 48.7 Å². The lowest BCUT2D eigenvalue weighted by Crippen LogP contribution is -2.08. The van der Waals surface area contributed by atoms with Crippen molar-refractivity contribution in [3.63, 3.8) is 0 Å². The van der Waals surface area contributed by atoms with Crippen LogP contribution in [0.4, 0.5) is 24.7 Å². The minimum absolute atomic E-state index is 0.210. The van der Waals surface area contributed by atoms with Gasteiger partial charge in [0.05, 0.1) is 17.2 Å². The highest BCUT2D eigenvalue weighted by atomic mass is 79.9. The number of benzene rings is 1. The van der Waals surface area contributed by atoms with Gasteiger partial charge in [-0.3, -0.25) is 0 Å². The second-order valence-corrected chi connectivity index (χ2v) is 4.65. The van der Waals surface area contributed by atoms with Crippen molar-refractivity contribution in [3.8, 4) is 6.07 Å². The van der Waals surface area contributed by atoms with E-state index in [0.29, 0.717) is 10.4 Å². The molecule has 0 aliphatic carbocycles. The molecule has 1 heterocycles. The molecule has 0 aliphatic heterocycles. The van der Waals surface area contributed by atoms with Gasteiger partial charge in [0.15, 0.2) is 0 Å². The Kier molecular flexibility index (Phi) is 3.95. The summed E-state index contributed by atoms with van der Waals surface area (Å²) in [5.74, 6) is 0.400. The van der Waals surface area contributed by atoms with E-state index >= 15 is 0 Å². The molecule has 1 aromatic heterocycles. The van der Waals surface area contributed by atoms with Crippen molar-refractivity contribution in [2.75, 3.05) is 5.32 Å². The van der Waals surface area contributed by atoms with E-state index in [1.165, 1.54) is 12.1 Å². The van der Waals surface area contributed by atoms with E-state index in [0.717, 1.165) is 12.1 Å². The highest BCUT2D eigenvalue weighted by Gasteiger charge is 2.33. The predicted octanol–water partition coefficient (Wildman–Crippen LogP) is 4.48. The molecule has 102 valence electrons. The molecule has 2 rings (SSSR count). The van der Waals surface area contributed by atoms with Gasteiger partial charge in [-0.25, -0.2) is 4.98 Å². The lowest BCUT2D eigenvalue weighted by molar-refractivity contribution is -0.137. The number of anilines is 2. The van der Waals surface area contributed by atoms with Crippen molar-refractivity contribution in [3.05, 3.63) is 52.1 Å². The number of rotatable bonds is 2. The first-order valence-corrected chi connectivity index (χ1v) is 6.20. The summed E-state index contributed by atoms with van der Waals surface area (Å²) in [6.07, 6.45) is -4.58. The number of aromatic nitrogens is 1. The summed E-state index contributed by atoms with van der Waals surface area (Å²) in [6.45, 7) is 0. The highest BCUT2D eigenvalue weighted by Crippen LogP contribution is 2.34. The number of alkyl halides is 3. The van der Waals surface area contributed by atoms with Gasteiger partial charge >= 0.3 is 6.18 Å². The Morgan fingerprint density at radius 1 is 1.20 bits per heavy atom. The van der Waals surface area contributed by atoms with Crippen LogP contribution in [0.5, 0.6) is 0 Å². The van der Waals surface area contributed by atoms with Crippen molar-refractivity contribution in [2.45, 2.75) is 6.18 Å². The van der Waals surface area contributed by atoms with E-state index in [2.05, 4.69) is 26.2 Å². The normalized spacial score (nSPS) is 10.9. The Bertz CT molecular complexity index is 677.